The quantitative estimate of drug-likeness (QED) is 0.782. The molecule has 0 aromatic heterocycles. The highest BCUT2D eigenvalue weighted by Gasteiger charge is 2.17. The maximum atomic E-state index is 5.77. The van der Waals surface area contributed by atoms with Crippen molar-refractivity contribution >= 4 is 11.4 Å². The molecular formula is C13H21N3O2. The minimum absolute atomic E-state index is 0.229. The molecule has 0 amide bonds. The molecular weight excluding hydrogens is 230 g/mol. The Morgan fingerprint density at radius 3 is 3.11 bits per heavy atom. The molecule has 2 rings (SSSR count). The van der Waals surface area contributed by atoms with Crippen LogP contribution in [0, 0.1) is 0 Å². The summed E-state index contributed by atoms with van der Waals surface area (Å²) < 4.78 is 10.9. The fraction of sp³-hybridized carbons (Fsp3) is 0.538. The first kappa shape index (κ1) is 13.0. The molecule has 1 saturated heterocycles. The van der Waals surface area contributed by atoms with Crippen molar-refractivity contribution in [2.24, 2.45) is 0 Å². The summed E-state index contributed by atoms with van der Waals surface area (Å²) in [6.45, 7) is 3.55. The number of hydrogen-bond acceptors (Lipinski definition) is 5. The van der Waals surface area contributed by atoms with E-state index in [0.717, 1.165) is 31.9 Å². The molecule has 1 unspecified atom stereocenters. The van der Waals surface area contributed by atoms with Crippen LogP contribution < -0.4 is 15.8 Å². The Kier molecular flexibility index (Phi) is 4.28. The van der Waals surface area contributed by atoms with Crippen LogP contribution in [0.25, 0.3) is 0 Å². The van der Waals surface area contributed by atoms with Crippen LogP contribution in [0.3, 0.4) is 0 Å². The molecule has 5 heteroatoms. The van der Waals surface area contributed by atoms with Crippen LogP contribution in [0.15, 0.2) is 18.2 Å². The van der Waals surface area contributed by atoms with Crippen LogP contribution in [0.4, 0.5) is 11.4 Å². The van der Waals surface area contributed by atoms with Crippen molar-refractivity contribution in [1.82, 2.24) is 4.90 Å². The van der Waals surface area contributed by atoms with E-state index in [0.29, 0.717) is 11.4 Å². The number of likely N-dealkylation sites (N-methyl/N-ethyl adjacent to an activating group) is 1. The van der Waals surface area contributed by atoms with Gasteiger partial charge >= 0.3 is 0 Å². The molecule has 1 aliphatic heterocycles. The van der Waals surface area contributed by atoms with E-state index in [1.165, 1.54) is 0 Å². The second kappa shape index (κ2) is 5.93. The van der Waals surface area contributed by atoms with E-state index in [-0.39, 0.29) is 6.10 Å². The van der Waals surface area contributed by atoms with Gasteiger partial charge in [-0.2, -0.15) is 0 Å². The van der Waals surface area contributed by atoms with Gasteiger partial charge in [-0.3, -0.25) is 0 Å². The summed E-state index contributed by atoms with van der Waals surface area (Å²) in [5.41, 5.74) is 7.42. The fourth-order valence-electron chi connectivity index (χ4n) is 2.04. The summed E-state index contributed by atoms with van der Waals surface area (Å²) in [4.78, 5) is 2.28. The molecule has 1 aliphatic rings. The van der Waals surface area contributed by atoms with E-state index < -0.39 is 0 Å². The van der Waals surface area contributed by atoms with E-state index in [9.17, 15) is 0 Å². The highest BCUT2D eigenvalue weighted by Crippen LogP contribution is 2.24. The van der Waals surface area contributed by atoms with Crippen molar-refractivity contribution in [3.8, 4) is 5.75 Å². The van der Waals surface area contributed by atoms with Gasteiger partial charge in [-0.1, -0.05) is 0 Å². The van der Waals surface area contributed by atoms with Gasteiger partial charge in [0.2, 0.25) is 0 Å². The zero-order valence-corrected chi connectivity index (χ0v) is 11.0. The average molecular weight is 251 g/mol. The molecule has 0 spiro atoms. The largest absolute Gasteiger partial charge is 0.495 e. The SMILES string of the molecule is COc1cc(NCC2CN(C)CCO2)ccc1N. The normalized spacial score (nSPS) is 20.7. The number of ether oxygens (including phenoxy) is 2. The first-order valence-corrected chi connectivity index (χ1v) is 6.16. The fourth-order valence-corrected chi connectivity index (χ4v) is 2.04. The number of nitrogens with two attached hydrogens (primary N) is 1. The third-order valence-electron chi connectivity index (χ3n) is 3.11. The number of nitrogens with zero attached hydrogens (tertiary/aromatic N) is 1. The number of nitrogen functional groups attached to an aromatic ring is 1. The summed E-state index contributed by atoms with van der Waals surface area (Å²) in [5.74, 6) is 0.696. The number of anilines is 2. The first-order chi connectivity index (χ1) is 8.69. The monoisotopic (exact) mass is 251 g/mol. The topological polar surface area (TPSA) is 59.8 Å². The van der Waals surface area contributed by atoms with Gasteiger partial charge in [-0.05, 0) is 19.2 Å². The molecule has 5 nitrogen and oxygen atoms in total. The maximum Gasteiger partial charge on any atom is 0.143 e. The summed E-state index contributed by atoms with van der Waals surface area (Å²) in [7, 11) is 3.73. The van der Waals surface area contributed by atoms with Crippen molar-refractivity contribution in [1.29, 1.82) is 0 Å². The smallest absolute Gasteiger partial charge is 0.143 e. The van der Waals surface area contributed by atoms with Crippen LogP contribution in [0.1, 0.15) is 0 Å². The van der Waals surface area contributed by atoms with E-state index in [2.05, 4.69) is 17.3 Å². The highest BCUT2D eigenvalue weighted by molar-refractivity contribution is 5.61. The molecule has 1 fully saturated rings. The minimum Gasteiger partial charge on any atom is -0.495 e. The van der Waals surface area contributed by atoms with Crippen molar-refractivity contribution in [3.63, 3.8) is 0 Å². The number of nitrogens with one attached hydrogen (secondary N) is 1. The Hall–Kier alpha value is -1.46. The third-order valence-corrected chi connectivity index (χ3v) is 3.11. The Morgan fingerprint density at radius 1 is 1.56 bits per heavy atom. The number of benzene rings is 1. The minimum atomic E-state index is 0.229. The molecule has 0 saturated carbocycles. The van der Waals surface area contributed by atoms with Crippen molar-refractivity contribution in [3.05, 3.63) is 18.2 Å². The summed E-state index contributed by atoms with van der Waals surface area (Å²) in [5, 5.41) is 3.35. The molecule has 0 radical (unpaired) electrons. The number of morpholine rings is 1. The molecule has 18 heavy (non-hydrogen) atoms. The predicted octanol–water partition coefficient (Wildman–Crippen LogP) is 1.02. The van der Waals surface area contributed by atoms with Gasteiger partial charge in [0.25, 0.3) is 0 Å². The Bertz CT molecular complexity index is 398. The molecule has 1 heterocycles. The zero-order valence-electron chi connectivity index (χ0n) is 11.0. The van der Waals surface area contributed by atoms with Crippen molar-refractivity contribution in [2.45, 2.75) is 6.10 Å². The van der Waals surface area contributed by atoms with Gasteiger partial charge in [0, 0.05) is 31.4 Å². The Balaban J connectivity index is 1.89. The first-order valence-electron chi connectivity index (χ1n) is 6.16. The predicted molar refractivity (Wildman–Crippen MR) is 73.1 cm³/mol. The zero-order chi connectivity index (χ0) is 13.0. The van der Waals surface area contributed by atoms with E-state index in [4.69, 9.17) is 15.2 Å². The summed E-state index contributed by atoms with van der Waals surface area (Å²) in [6.07, 6.45) is 0.229. The van der Waals surface area contributed by atoms with Gasteiger partial charge in [-0.15, -0.1) is 0 Å². The van der Waals surface area contributed by atoms with Gasteiger partial charge in [-0.25, -0.2) is 0 Å². The number of methoxy groups -OCH3 is 1. The molecule has 3 N–H and O–H groups in total. The lowest BCUT2D eigenvalue weighted by molar-refractivity contribution is -0.0117. The van der Waals surface area contributed by atoms with E-state index >= 15 is 0 Å². The summed E-state index contributed by atoms with van der Waals surface area (Å²) >= 11 is 0. The molecule has 0 aliphatic carbocycles. The second-order valence-electron chi connectivity index (χ2n) is 4.59. The van der Waals surface area contributed by atoms with Crippen LogP contribution in [0.5, 0.6) is 5.75 Å². The molecule has 0 bridgehead atoms. The lowest BCUT2D eigenvalue weighted by Crippen LogP contribution is -2.43. The second-order valence-corrected chi connectivity index (χ2v) is 4.59. The lowest BCUT2D eigenvalue weighted by atomic mass is 10.2. The Morgan fingerprint density at radius 2 is 2.39 bits per heavy atom. The van der Waals surface area contributed by atoms with Gasteiger partial charge in [0.15, 0.2) is 0 Å². The Labute approximate surface area is 108 Å². The standard InChI is InChI=1S/C13H21N3O2/c1-16-5-6-18-11(9-16)8-15-10-3-4-12(14)13(7-10)17-2/h3-4,7,11,15H,5-6,8-9,14H2,1-2H3. The molecule has 100 valence electrons. The van der Waals surface area contributed by atoms with Gasteiger partial charge < -0.3 is 25.4 Å². The van der Waals surface area contributed by atoms with Crippen LogP contribution >= 0.6 is 0 Å². The number of hydrogen-bond donors (Lipinski definition) is 2. The summed E-state index contributed by atoms with van der Waals surface area (Å²) in [6, 6.07) is 5.70. The van der Waals surface area contributed by atoms with Crippen molar-refractivity contribution in [2.75, 3.05) is 51.4 Å². The van der Waals surface area contributed by atoms with Crippen LogP contribution in [0.2, 0.25) is 0 Å². The maximum absolute atomic E-state index is 5.77. The van der Waals surface area contributed by atoms with Gasteiger partial charge in [0.05, 0.1) is 25.5 Å². The van der Waals surface area contributed by atoms with Gasteiger partial charge in [0.1, 0.15) is 5.75 Å². The average Bonchev–Trinajstić information content (AvgIpc) is 2.38. The third kappa shape index (κ3) is 3.27. The van der Waals surface area contributed by atoms with Crippen LogP contribution in [-0.2, 0) is 4.74 Å². The lowest BCUT2D eigenvalue weighted by Gasteiger charge is -2.30. The molecule has 1 atom stereocenters. The van der Waals surface area contributed by atoms with E-state index in [1.54, 1.807) is 7.11 Å². The van der Waals surface area contributed by atoms with Crippen molar-refractivity contribution < 1.29 is 9.47 Å². The molecule has 1 aromatic rings. The van der Waals surface area contributed by atoms with E-state index in [1.807, 2.05) is 18.2 Å². The highest BCUT2D eigenvalue weighted by atomic mass is 16.5. The number of rotatable bonds is 4. The molecule has 1 aromatic carbocycles. The van der Waals surface area contributed by atoms with Crippen LogP contribution in [-0.4, -0.2) is 51.4 Å².